The Morgan fingerprint density at radius 2 is 1.90 bits per heavy atom. The molecule has 2 heterocycles. The lowest BCUT2D eigenvalue weighted by atomic mass is 10.2. The highest BCUT2D eigenvalue weighted by Crippen LogP contribution is 2.31. The van der Waals surface area contributed by atoms with Gasteiger partial charge in [0, 0.05) is 18.8 Å². The zero-order valence-corrected chi connectivity index (χ0v) is 17.3. The Kier molecular flexibility index (Phi) is 5.51. The molecule has 0 atom stereocenters. The monoisotopic (exact) mass is 427 g/mol. The van der Waals surface area contributed by atoms with E-state index in [0.29, 0.717) is 36.1 Å². The van der Waals surface area contributed by atoms with Crippen molar-refractivity contribution < 1.29 is 17.8 Å². The lowest BCUT2D eigenvalue weighted by molar-refractivity contribution is -0.441. The lowest BCUT2D eigenvalue weighted by Gasteiger charge is -2.29. The van der Waals surface area contributed by atoms with Crippen molar-refractivity contribution in [3.05, 3.63) is 48.5 Å². The quantitative estimate of drug-likeness (QED) is 0.705. The van der Waals surface area contributed by atoms with E-state index in [1.165, 1.54) is 0 Å². The van der Waals surface area contributed by atoms with Crippen molar-refractivity contribution >= 4 is 50.5 Å². The van der Waals surface area contributed by atoms with Crippen LogP contribution in [0.25, 0.3) is 0 Å². The summed E-state index contributed by atoms with van der Waals surface area (Å²) in [5.41, 5.74) is 9.26. The van der Waals surface area contributed by atoms with Crippen LogP contribution in [0.15, 0.2) is 58.6 Å². The molecule has 0 amide bonds. The van der Waals surface area contributed by atoms with Gasteiger partial charge in [-0.25, -0.2) is 13.4 Å². The Morgan fingerprint density at radius 1 is 1.17 bits per heavy atom. The molecule has 2 aliphatic heterocycles. The largest absolute Gasteiger partial charge is 0.378 e. The number of nitrogens with zero attached hydrogens (tertiary/aromatic N) is 4. The molecule has 3 N–H and O–H groups in total. The number of hydrogen-bond donors (Lipinski definition) is 2. The van der Waals surface area contributed by atoms with Crippen molar-refractivity contribution in [2.24, 2.45) is 15.8 Å². The summed E-state index contributed by atoms with van der Waals surface area (Å²) in [5, 5.41) is 4.31. The van der Waals surface area contributed by atoms with E-state index in [2.05, 4.69) is 19.7 Å². The Labute approximate surface area is 175 Å². The van der Waals surface area contributed by atoms with E-state index in [1.807, 2.05) is 36.4 Å². The number of hydrogen-bond acceptors (Lipinski definition) is 7. The first-order valence-electron chi connectivity index (χ1n) is 9.46. The number of nitrogens with one attached hydrogen (secondary N) is 1. The first-order valence-corrected chi connectivity index (χ1v) is 11.3. The van der Waals surface area contributed by atoms with Crippen LogP contribution >= 0.6 is 0 Å². The van der Waals surface area contributed by atoms with Crippen LogP contribution in [0.3, 0.4) is 0 Å². The normalized spacial score (nSPS) is 18.3. The van der Waals surface area contributed by atoms with E-state index < -0.39 is 10.0 Å². The van der Waals surface area contributed by atoms with Gasteiger partial charge < -0.3 is 9.64 Å². The number of sulfonamides is 1. The van der Waals surface area contributed by atoms with Gasteiger partial charge in [-0.15, -0.1) is 0 Å². The van der Waals surface area contributed by atoms with Crippen molar-refractivity contribution in [2.45, 2.75) is 0 Å². The molecular weight excluding hydrogens is 404 g/mol. The van der Waals surface area contributed by atoms with Crippen molar-refractivity contribution in [3.8, 4) is 0 Å². The van der Waals surface area contributed by atoms with Crippen LogP contribution < -0.4 is 15.4 Å². The number of aliphatic imine (C=N–C) groups is 1. The van der Waals surface area contributed by atoms with Crippen LogP contribution in [0.4, 0.5) is 22.7 Å². The smallest absolute Gasteiger partial charge is 0.326 e. The maximum absolute atomic E-state index is 11.9. The summed E-state index contributed by atoms with van der Waals surface area (Å²) < 4.78 is 33.4. The molecule has 10 heteroatoms. The van der Waals surface area contributed by atoms with E-state index in [4.69, 9.17) is 10.5 Å². The van der Waals surface area contributed by atoms with E-state index in [0.717, 1.165) is 30.7 Å². The summed E-state index contributed by atoms with van der Waals surface area (Å²) in [5.74, 6) is 0.365. The first kappa shape index (κ1) is 20.0. The Hall–Kier alpha value is -3.24. The molecule has 0 spiro atoms. The molecule has 2 aromatic carbocycles. The molecule has 9 nitrogen and oxygen atoms in total. The molecule has 2 aromatic rings. The average molecular weight is 428 g/mol. The molecule has 0 aromatic heterocycles. The van der Waals surface area contributed by atoms with Crippen LogP contribution in [0.5, 0.6) is 0 Å². The minimum Gasteiger partial charge on any atom is -0.378 e. The molecule has 156 valence electrons. The highest BCUT2D eigenvalue weighted by Gasteiger charge is 2.24. The summed E-state index contributed by atoms with van der Waals surface area (Å²) in [6.45, 7) is 2.75. The molecule has 0 saturated carbocycles. The number of morpholine rings is 1. The number of anilines is 2. The maximum atomic E-state index is 11.9. The predicted octanol–water partition coefficient (Wildman–Crippen LogP) is 1.67. The summed E-state index contributed by atoms with van der Waals surface area (Å²) >= 11 is 0. The third-order valence-corrected chi connectivity index (χ3v) is 5.27. The molecule has 0 unspecified atom stereocenters. The van der Waals surface area contributed by atoms with Gasteiger partial charge in [-0.05, 0) is 30.3 Å². The SMILES string of the molecule is CS(=O)(=O)Nc1cc(N2CCOCC2)ccc1N=C1C=N[N+](c2ccccc2)=C1N. The van der Waals surface area contributed by atoms with E-state index in [9.17, 15) is 8.42 Å². The summed E-state index contributed by atoms with van der Waals surface area (Å²) in [7, 11) is -3.49. The Bertz CT molecular complexity index is 1140. The molecule has 1 saturated heterocycles. The highest BCUT2D eigenvalue weighted by atomic mass is 32.2. The van der Waals surface area contributed by atoms with Gasteiger partial charge in [-0.1, -0.05) is 28.0 Å². The molecule has 0 bridgehead atoms. The maximum Gasteiger partial charge on any atom is 0.326 e. The number of ether oxygens (including phenoxy) is 1. The fraction of sp³-hybridized carbons (Fsp3) is 0.250. The predicted molar refractivity (Wildman–Crippen MR) is 119 cm³/mol. The molecule has 1 fully saturated rings. The van der Waals surface area contributed by atoms with Crippen molar-refractivity contribution in [2.75, 3.05) is 42.2 Å². The minimum absolute atomic E-state index is 0.365. The van der Waals surface area contributed by atoms with Gasteiger partial charge in [0.05, 0.1) is 30.8 Å². The summed E-state index contributed by atoms with van der Waals surface area (Å²) in [4.78, 5) is 6.72. The summed E-state index contributed by atoms with van der Waals surface area (Å²) in [6.07, 6.45) is 2.67. The van der Waals surface area contributed by atoms with Gasteiger partial charge in [0.25, 0.3) is 0 Å². The van der Waals surface area contributed by atoms with Crippen LogP contribution in [0, 0.1) is 0 Å². The zero-order chi connectivity index (χ0) is 21.1. The third kappa shape index (κ3) is 4.50. The number of nitrogens with two attached hydrogens (primary N) is 1. The number of benzene rings is 2. The topological polar surface area (TPSA) is 112 Å². The second kappa shape index (κ2) is 8.25. The molecule has 4 rings (SSSR count). The molecule has 0 radical (unpaired) electrons. The van der Waals surface area contributed by atoms with Gasteiger partial charge in [-0.3, -0.25) is 10.5 Å². The fourth-order valence-corrected chi connectivity index (χ4v) is 3.82. The minimum atomic E-state index is -3.49. The number of para-hydroxylation sites is 1. The van der Waals surface area contributed by atoms with Crippen LogP contribution in [0.1, 0.15) is 0 Å². The Balaban J connectivity index is 1.71. The zero-order valence-electron chi connectivity index (χ0n) is 16.5. The fourth-order valence-electron chi connectivity index (χ4n) is 3.26. The molecule has 30 heavy (non-hydrogen) atoms. The number of amidine groups is 1. The third-order valence-electron chi connectivity index (χ3n) is 4.68. The first-order chi connectivity index (χ1) is 14.4. The number of rotatable bonds is 5. The van der Waals surface area contributed by atoms with Crippen molar-refractivity contribution in [3.63, 3.8) is 0 Å². The highest BCUT2D eigenvalue weighted by molar-refractivity contribution is 7.92. The van der Waals surface area contributed by atoms with Crippen LogP contribution in [-0.4, -0.2) is 63.4 Å². The molecule has 0 aliphatic carbocycles. The van der Waals surface area contributed by atoms with Gasteiger partial charge in [0.15, 0.2) is 11.4 Å². The van der Waals surface area contributed by atoms with Gasteiger partial charge in [0.2, 0.25) is 10.0 Å². The average Bonchev–Trinajstić information content (AvgIpc) is 3.10. The van der Waals surface area contributed by atoms with Crippen LogP contribution in [0.2, 0.25) is 0 Å². The van der Waals surface area contributed by atoms with Crippen molar-refractivity contribution in [1.82, 2.24) is 0 Å². The van der Waals surface area contributed by atoms with E-state index in [-0.39, 0.29) is 0 Å². The lowest BCUT2D eigenvalue weighted by Crippen LogP contribution is -2.36. The molecule has 2 aliphatic rings. The Morgan fingerprint density at radius 3 is 2.60 bits per heavy atom. The van der Waals surface area contributed by atoms with Gasteiger partial charge >= 0.3 is 5.84 Å². The van der Waals surface area contributed by atoms with Crippen LogP contribution in [-0.2, 0) is 14.8 Å². The van der Waals surface area contributed by atoms with Crippen molar-refractivity contribution in [1.29, 1.82) is 0 Å². The second-order valence-electron chi connectivity index (χ2n) is 6.95. The van der Waals surface area contributed by atoms with E-state index in [1.54, 1.807) is 23.0 Å². The van der Waals surface area contributed by atoms with Gasteiger partial charge in [0.1, 0.15) is 6.21 Å². The van der Waals surface area contributed by atoms with E-state index >= 15 is 0 Å². The summed E-state index contributed by atoms with van der Waals surface area (Å²) in [6, 6.07) is 14.9. The standard InChI is InChI=1S/C20H22N6O3S/c1-30(27,28)24-18-13-16(25-9-11-29-12-10-25)7-8-17(18)23-19-14-22-26(20(19)21)15-5-3-2-4-6-15/h2-8,13-14H,9-12H2,1H3,(H2,21,22,24)/p+1. The second-order valence-corrected chi connectivity index (χ2v) is 8.70. The molecular formula is C20H23N6O3S+. The number of hydrazone groups is 1. The van der Waals surface area contributed by atoms with Gasteiger partial charge in [-0.2, -0.15) is 0 Å².